The maximum absolute atomic E-state index is 3.69. The molecule has 0 N–H and O–H groups in total. The average molecular weight is 597 g/mol. The molecule has 0 fully saturated rings. The first-order valence-electron chi connectivity index (χ1n) is 14.6. The molecule has 4 heteroatoms. The van der Waals surface area contributed by atoms with Gasteiger partial charge in [0.25, 0.3) is 0 Å². The first-order chi connectivity index (χ1) is 20.4. The molecule has 0 aliphatic carbocycles. The zero-order valence-corrected chi connectivity index (χ0v) is 27.5. The van der Waals surface area contributed by atoms with Crippen molar-refractivity contribution in [3.05, 3.63) is 145 Å². The van der Waals surface area contributed by atoms with Gasteiger partial charge in [-0.3, -0.25) is 0 Å². The number of anilines is 2. The monoisotopic (exact) mass is 596 g/mol. The number of hydrogen-bond donors (Lipinski definition) is 0. The first-order valence-corrected chi connectivity index (χ1v) is 17.1. The number of allylic oxidation sites excluding steroid dienone is 12. The zero-order chi connectivity index (χ0) is 30.4. The summed E-state index contributed by atoms with van der Waals surface area (Å²) >= 11 is 0. The third kappa shape index (κ3) is 15.0. The summed E-state index contributed by atoms with van der Waals surface area (Å²) in [6.45, 7) is 13.7. The molecule has 2 aromatic carbocycles. The van der Waals surface area contributed by atoms with Crippen molar-refractivity contribution in [1.29, 1.82) is 0 Å². The van der Waals surface area contributed by atoms with E-state index in [1.165, 1.54) is 58.0 Å². The number of nitrogens with zero attached hydrogens (tertiary/aromatic N) is 2. The summed E-state index contributed by atoms with van der Waals surface area (Å²) in [7, 11) is 8.36. The molecule has 42 heavy (non-hydrogen) atoms. The summed E-state index contributed by atoms with van der Waals surface area (Å²) in [5.41, 5.74) is 7.38. The Kier molecular flexibility index (Phi) is 17.7. The zero-order valence-electron chi connectivity index (χ0n) is 25.9. The van der Waals surface area contributed by atoms with E-state index in [0.29, 0.717) is 0 Å². The molecule has 0 saturated heterocycles. The molecule has 0 spiro atoms. The molecular formula is C38H48N2S2. The van der Waals surface area contributed by atoms with Crippen LogP contribution in [0.1, 0.15) is 37.8 Å². The van der Waals surface area contributed by atoms with Crippen LogP contribution in [-0.4, -0.2) is 38.7 Å². The van der Waals surface area contributed by atoms with E-state index in [-0.39, 0.29) is 0 Å². The summed E-state index contributed by atoms with van der Waals surface area (Å²) < 4.78 is 0. The minimum atomic E-state index is 1.07. The van der Waals surface area contributed by atoms with Gasteiger partial charge in [-0.05, 0) is 62.1 Å². The maximum atomic E-state index is 3.69. The SMILES string of the molecule is C=C\C=C/C=C(C)/C=C/c1ccc(N(C)CCCSSCCCN(C)c2ccc(/C=C/C(C)=C/C=C\C=C)cc2)cc1. The van der Waals surface area contributed by atoms with Gasteiger partial charge in [-0.15, -0.1) is 0 Å². The molecular weight excluding hydrogens is 549 g/mol. The molecule has 0 aliphatic rings. The van der Waals surface area contributed by atoms with E-state index in [1.807, 2.05) is 45.9 Å². The van der Waals surface area contributed by atoms with Gasteiger partial charge in [0.2, 0.25) is 0 Å². The smallest absolute Gasteiger partial charge is 0.0364 e. The third-order valence-electron chi connectivity index (χ3n) is 6.48. The van der Waals surface area contributed by atoms with Crippen molar-refractivity contribution in [2.24, 2.45) is 0 Å². The largest absolute Gasteiger partial charge is 0.375 e. The van der Waals surface area contributed by atoms with Crippen molar-refractivity contribution in [3.63, 3.8) is 0 Å². The Bertz CT molecular complexity index is 1150. The van der Waals surface area contributed by atoms with Crippen LogP contribution in [0.4, 0.5) is 11.4 Å². The lowest BCUT2D eigenvalue weighted by molar-refractivity contribution is 0.859. The topological polar surface area (TPSA) is 6.48 Å². The van der Waals surface area contributed by atoms with Crippen molar-refractivity contribution in [2.45, 2.75) is 26.7 Å². The molecule has 0 aliphatic heterocycles. The fourth-order valence-corrected chi connectivity index (χ4v) is 6.06. The van der Waals surface area contributed by atoms with Gasteiger partial charge in [-0.2, -0.15) is 0 Å². The van der Waals surface area contributed by atoms with Gasteiger partial charge in [-0.25, -0.2) is 0 Å². The molecule has 0 aromatic heterocycles. The van der Waals surface area contributed by atoms with E-state index in [0.717, 1.165) is 13.1 Å². The Morgan fingerprint density at radius 2 is 1.00 bits per heavy atom. The molecule has 0 unspecified atom stereocenters. The van der Waals surface area contributed by atoms with Crippen molar-refractivity contribution in [3.8, 4) is 0 Å². The average Bonchev–Trinajstić information content (AvgIpc) is 3.00. The van der Waals surface area contributed by atoms with E-state index in [4.69, 9.17) is 0 Å². The quantitative estimate of drug-likeness (QED) is 0.0903. The fourth-order valence-electron chi connectivity index (χ4n) is 3.92. The van der Waals surface area contributed by atoms with E-state index in [2.05, 4.69) is 136 Å². The highest BCUT2D eigenvalue weighted by atomic mass is 33.1. The van der Waals surface area contributed by atoms with E-state index >= 15 is 0 Å². The van der Waals surface area contributed by atoms with Crippen LogP contribution >= 0.6 is 21.6 Å². The van der Waals surface area contributed by atoms with Gasteiger partial charge < -0.3 is 9.80 Å². The van der Waals surface area contributed by atoms with Crippen LogP contribution in [0.5, 0.6) is 0 Å². The molecule has 0 saturated carbocycles. The Morgan fingerprint density at radius 3 is 1.36 bits per heavy atom. The predicted octanol–water partition coefficient (Wildman–Crippen LogP) is 10.8. The van der Waals surface area contributed by atoms with Crippen LogP contribution < -0.4 is 9.80 Å². The highest BCUT2D eigenvalue weighted by molar-refractivity contribution is 8.76. The first kappa shape index (κ1) is 34.9. The van der Waals surface area contributed by atoms with Crippen molar-refractivity contribution in [1.82, 2.24) is 0 Å². The lowest BCUT2D eigenvalue weighted by Gasteiger charge is -2.20. The second-order valence-electron chi connectivity index (χ2n) is 10.1. The van der Waals surface area contributed by atoms with Crippen molar-refractivity contribution < 1.29 is 0 Å². The molecule has 0 atom stereocenters. The summed E-state index contributed by atoms with van der Waals surface area (Å²) in [5, 5.41) is 0. The summed E-state index contributed by atoms with van der Waals surface area (Å²) in [5.74, 6) is 2.34. The number of hydrogen-bond acceptors (Lipinski definition) is 4. The standard InChI is InChI=1S/C38H48N2S2/c1-7-9-11-15-33(3)17-19-35-21-25-37(26-22-35)39(5)29-13-31-41-42-32-14-30-40(6)38-27-23-36(24-28-38)20-18-34(4)16-12-10-8-2/h7-12,15-28H,1-2,13-14,29-32H2,3-6H3/b11-9-,12-10-,19-17+,20-18+,33-15+,34-16+. The second-order valence-corrected chi connectivity index (χ2v) is 12.8. The van der Waals surface area contributed by atoms with Gasteiger partial charge in [-0.1, -0.05) is 143 Å². The van der Waals surface area contributed by atoms with Crippen LogP contribution in [0.3, 0.4) is 0 Å². The van der Waals surface area contributed by atoms with Crippen LogP contribution in [0.25, 0.3) is 12.2 Å². The Balaban J connectivity index is 1.60. The minimum Gasteiger partial charge on any atom is -0.375 e. The second kappa shape index (κ2) is 21.4. The highest BCUT2D eigenvalue weighted by Crippen LogP contribution is 2.24. The Labute approximate surface area is 264 Å². The fraction of sp³-hybridized carbons (Fsp3) is 0.263. The van der Waals surface area contributed by atoms with Crippen molar-refractivity contribution in [2.75, 3.05) is 48.5 Å². The van der Waals surface area contributed by atoms with Crippen LogP contribution in [0.15, 0.2) is 134 Å². The third-order valence-corrected chi connectivity index (χ3v) is 9.06. The Hall–Kier alpha value is -3.34. The van der Waals surface area contributed by atoms with E-state index in [9.17, 15) is 0 Å². The van der Waals surface area contributed by atoms with Gasteiger partial charge >= 0.3 is 0 Å². The van der Waals surface area contributed by atoms with Crippen LogP contribution in [0, 0.1) is 0 Å². The van der Waals surface area contributed by atoms with Crippen LogP contribution in [0.2, 0.25) is 0 Å². The maximum Gasteiger partial charge on any atom is 0.0364 e. The molecule has 2 nitrogen and oxygen atoms in total. The summed E-state index contributed by atoms with van der Waals surface area (Å²) in [6.07, 6.45) is 26.6. The highest BCUT2D eigenvalue weighted by Gasteiger charge is 2.03. The predicted molar refractivity (Wildman–Crippen MR) is 198 cm³/mol. The molecule has 0 heterocycles. The molecule has 0 amide bonds. The van der Waals surface area contributed by atoms with Gasteiger partial charge in [0.15, 0.2) is 0 Å². The molecule has 0 bridgehead atoms. The summed E-state index contributed by atoms with van der Waals surface area (Å²) in [6, 6.07) is 17.6. The van der Waals surface area contributed by atoms with Gasteiger partial charge in [0.1, 0.15) is 0 Å². The van der Waals surface area contributed by atoms with Gasteiger partial charge in [0.05, 0.1) is 0 Å². The molecule has 2 rings (SSSR count). The lowest BCUT2D eigenvalue weighted by Crippen LogP contribution is -2.19. The molecule has 0 radical (unpaired) electrons. The summed E-state index contributed by atoms with van der Waals surface area (Å²) in [4.78, 5) is 4.69. The van der Waals surface area contributed by atoms with E-state index < -0.39 is 0 Å². The number of rotatable bonds is 19. The Morgan fingerprint density at radius 1 is 0.619 bits per heavy atom. The minimum absolute atomic E-state index is 1.07. The van der Waals surface area contributed by atoms with Crippen LogP contribution in [-0.2, 0) is 0 Å². The number of benzene rings is 2. The van der Waals surface area contributed by atoms with E-state index in [1.54, 1.807) is 12.2 Å². The normalized spacial score (nSPS) is 12.7. The lowest BCUT2D eigenvalue weighted by atomic mass is 10.1. The van der Waals surface area contributed by atoms with Gasteiger partial charge in [0, 0.05) is 50.1 Å². The van der Waals surface area contributed by atoms with Crippen molar-refractivity contribution >= 4 is 45.1 Å². The molecule has 222 valence electrons. The molecule has 2 aromatic rings.